The summed E-state index contributed by atoms with van der Waals surface area (Å²) in [5.74, 6) is 0.977. The molecule has 0 spiro atoms. The van der Waals surface area contributed by atoms with Gasteiger partial charge in [-0.1, -0.05) is 18.2 Å². The fourth-order valence-corrected chi connectivity index (χ4v) is 1.14. The first-order valence-electron chi connectivity index (χ1n) is 5.01. The molecule has 0 heterocycles. The Morgan fingerprint density at radius 3 is 2.47 bits per heavy atom. The highest BCUT2D eigenvalue weighted by molar-refractivity contribution is 5.78. The molecule has 3 nitrogen and oxygen atoms in total. The standard InChI is InChI=1S/C12H16O3/c1-14-9-7-11(13)8-10-15-12-5-3-2-4-6-12/h2-6H,7-10H2,1H3. The van der Waals surface area contributed by atoms with E-state index in [1.807, 2.05) is 30.3 Å². The lowest BCUT2D eigenvalue weighted by molar-refractivity contribution is -0.120. The van der Waals surface area contributed by atoms with E-state index in [-0.39, 0.29) is 5.78 Å². The van der Waals surface area contributed by atoms with E-state index in [0.29, 0.717) is 26.1 Å². The lowest BCUT2D eigenvalue weighted by Gasteiger charge is -2.04. The predicted octanol–water partition coefficient (Wildman–Crippen LogP) is 2.06. The second-order valence-corrected chi connectivity index (χ2v) is 3.19. The minimum absolute atomic E-state index is 0.174. The molecule has 0 aliphatic rings. The molecule has 1 aromatic rings. The molecule has 0 fully saturated rings. The summed E-state index contributed by atoms with van der Waals surface area (Å²) in [6.07, 6.45) is 0.910. The molecule has 0 amide bonds. The number of Topliss-reactive ketones (excluding diaryl/α,β-unsaturated/α-hetero) is 1. The number of ketones is 1. The third-order valence-corrected chi connectivity index (χ3v) is 1.98. The van der Waals surface area contributed by atoms with E-state index in [1.165, 1.54) is 0 Å². The van der Waals surface area contributed by atoms with Crippen LogP contribution in [0.4, 0.5) is 0 Å². The van der Waals surface area contributed by atoms with E-state index in [9.17, 15) is 4.79 Å². The number of para-hydroxylation sites is 1. The van der Waals surface area contributed by atoms with Crippen molar-refractivity contribution in [2.75, 3.05) is 20.3 Å². The third kappa shape index (κ3) is 5.18. The van der Waals surface area contributed by atoms with Crippen molar-refractivity contribution in [3.8, 4) is 5.75 Å². The molecule has 1 aromatic carbocycles. The molecule has 1 rings (SSSR count). The molecule has 82 valence electrons. The largest absolute Gasteiger partial charge is 0.493 e. The monoisotopic (exact) mass is 208 g/mol. The Morgan fingerprint density at radius 1 is 1.13 bits per heavy atom. The normalized spacial score (nSPS) is 9.93. The molecule has 0 aromatic heterocycles. The molecule has 0 aliphatic heterocycles. The van der Waals surface area contributed by atoms with Gasteiger partial charge in [-0.15, -0.1) is 0 Å². The van der Waals surface area contributed by atoms with Crippen LogP contribution in [-0.2, 0) is 9.53 Å². The van der Waals surface area contributed by atoms with E-state index < -0.39 is 0 Å². The van der Waals surface area contributed by atoms with Crippen LogP contribution in [0.1, 0.15) is 12.8 Å². The molecule has 0 bridgehead atoms. The predicted molar refractivity (Wildman–Crippen MR) is 58.1 cm³/mol. The highest BCUT2D eigenvalue weighted by Gasteiger charge is 2.01. The van der Waals surface area contributed by atoms with Crippen molar-refractivity contribution in [2.45, 2.75) is 12.8 Å². The van der Waals surface area contributed by atoms with Crippen LogP contribution in [0.15, 0.2) is 30.3 Å². The van der Waals surface area contributed by atoms with Gasteiger partial charge in [-0.2, -0.15) is 0 Å². The van der Waals surface area contributed by atoms with Gasteiger partial charge in [0.1, 0.15) is 11.5 Å². The number of carbonyl (C=O) groups excluding carboxylic acids is 1. The Labute approximate surface area is 90.0 Å². The van der Waals surface area contributed by atoms with Gasteiger partial charge in [0, 0.05) is 20.0 Å². The van der Waals surface area contributed by atoms with E-state index in [1.54, 1.807) is 7.11 Å². The van der Waals surface area contributed by atoms with Crippen LogP contribution in [0.2, 0.25) is 0 Å². The van der Waals surface area contributed by atoms with E-state index in [0.717, 1.165) is 5.75 Å². The summed E-state index contributed by atoms with van der Waals surface area (Å²) in [4.78, 5) is 11.2. The van der Waals surface area contributed by atoms with E-state index in [4.69, 9.17) is 9.47 Å². The number of ether oxygens (including phenoxy) is 2. The highest BCUT2D eigenvalue weighted by Crippen LogP contribution is 2.08. The van der Waals surface area contributed by atoms with Gasteiger partial charge in [0.25, 0.3) is 0 Å². The summed E-state index contributed by atoms with van der Waals surface area (Å²) in [6.45, 7) is 0.927. The minimum Gasteiger partial charge on any atom is -0.493 e. The summed E-state index contributed by atoms with van der Waals surface area (Å²) in [5, 5.41) is 0. The lowest BCUT2D eigenvalue weighted by atomic mass is 10.2. The van der Waals surface area contributed by atoms with Gasteiger partial charge in [-0.05, 0) is 12.1 Å². The maximum absolute atomic E-state index is 11.2. The smallest absolute Gasteiger partial charge is 0.138 e. The van der Waals surface area contributed by atoms with Gasteiger partial charge in [-0.25, -0.2) is 0 Å². The average Bonchev–Trinajstić information content (AvgIpc) is 2.28. The van der Waals surface area contributed by atoms with Gasteiger partial charge < -0.3 is 9.47 Å². The molecule has 0 atom stereocenters. The summed E-state index contributed by atoms with van der Waals surface area (Å²) < 4.78 is 10.2. The van der Waals surface area contributed by atoms with Crippen molar-refractivity contribution >= 4 is 5.78 Å². The Morgan fingerprint density at radius 2 is 1.80 bits per heavy atom. The summed E-state index contributed by atoms with van der Waals surface area (Å²) in [7, 11) is 1.59. The zero-order chi connectivity index (χ0) is 10.9. The summed E-state index contributed by atoms with van der Waals surface area (Å²) in [5.41, 5.74) is 0. The lowest BCUT2D eigenvalue weighted by Crippen LogP contribution is -2.08. The minimum atomic E-state index is 0.174. The van der Waals surface area contributed by atoms with Crippen molar-refractivity contribution in [1.82, 2.24) is 0 Å². The first kappa shape index (κ1) is 11.7. The molecule has 15 heavy (non-hydrogen) atoms. The molecule has 0 radical (unpaired) electrons. The topological polar surface area (TPSA) is 35.5 Å². The van der Waals surface area contributed by atoms with Crippen molar-refractivity contribution in [3.05, 3.63) is 30.3 Å². The number of benzene rings is 1. The quantitative estimate of drug-likeness (QED) is 0.688. The van der Waals surface area contributed by atoms with Crippen LogP contribution >= 0.6 is 0 Å². The number of hydrogen-bond acceptors (Lipinski definition) is 3. The molecule has 0 unspecified atom stereocenters. The van der Waals surface area contributed by atoms with Gasteiger partial charge in [0.2, 0.25) is 0 Å². The van der Waals surface area contributed by atoms with Crippen molar-refractivity contribution < 1.29 is 14.3 Å². The maximum atomic E-state index is 11.2. The van der Waals surface area contributed by atoms with Gasteiger partial charge >= 0.3 is 0 Å². The first-order chi connectivity index (χ1) is 7.33. The van der Waals surface area contributed by atoms with Gasteiger partial charge in [0.15, 0.2) is 0 Å². The van der Waals surface area contributed by atoms with Gasteiger partial charge in [-0.3, -0.25) is 4.79 Å². The molecule has 3 heteroatoms. The molecule has 0 N–H and O–H groups in total. The Hall–Kier alpha value is -1.35. The number of methoxy groups -OCH3 is 1. The van der Waals surface area contributed by atoms with Crippen LogP contribution in [0.5, 0.6) is 5.75 Å². The molecule has 0 aliphatic carbocycles. The van der Waals surface area contributed by atoms with E-state index >= 15 is 0 Å². The summed E-state index contributed by atoms with van der Waals surface area (Å²) in [6, 6.07) is 9.49. The fourth-order valence-electron chi connectivity index (χ4n) is 1.14. The molecule has 0 saturated carbocycles. The Balaban J connectivity index is 2.14. The highest BCUT2D eigenvalue weighted by atomic mass is 16.5. The zero-order valence-electron chi connectivity index (χ0n) is 8.94. The van der Waals surface area contributed by atoms with Crippen LogP contribution < -0.4 is 4.74 Å². The summed E-state index contributed by atoms with van der Waals surface area (Å²) >= 11 is 0. The average molecular weight is 208 g/mol. The number of hydrogen-bond donors (Lipinski definition) is 0. The Bertz CT molecular complexity index is 282. The second kappa shape index (κ2) is 7.01. The van der Waals surface area contributed by atoms with Crippen LogP contribution in [0.25, 0.3) is 0 Å². The van der Waals surface area contributed by atoms with Crippen molar-refractivity contribution in [2.24, 2.45) is 0 Å². The van der Waals surface area contributed by atoms with Gasteiger partial charge in [0.05, 0.1) is 13.2 Å². The molecular formula is C12H16O3. The Kier molecular flexibility index (Phi) is 5.48. The maximum Gasteiger partial charge on any atom is 0.138 e. The number of carbonyl (C=O) groups is 1. The van der Waals surface area contributed by atoms with Crippen LogP contribution in [0.3, 0.4) is 0 Å². The zero-order valence-corrected chi connectivity index (χ0v) is 8.94. The first-order valence-corrected chi connectivity index (χ1v) is 5.01. The van der Waals surface area contributed by atoms with Crippen molar-refractivity contribution in [3.63, 3.8) is 0 Å². The molecular weight excluding hydrogens is 192 g/mol. The number of rotatable bonds is 7. The SMILES string of the molecule is COCCC(=O)CCOc1ccccc1. The fraction of sp³-hybridized carbons (Fsp3) is 0.417. The van der Waals surface area contributed by atoms with E-state index in [2.05, 4.69) is 0 Å². The molecule has 0 saturated heterocycles. The van der Waals surface area contributed by atoms with Crippen LogP contribution in [-0.4, -0.2) is 26.1 Å². The van der Waals surface area contributed by atoms with Crippen molar-refractivity contribution in [1.29, 1.82) is 0 Å². The second-order valence-electron chi connectivity index (χ2n) is 3.19. The third-order valence-electron chi connectivity index (χ3n) is 1.98. The van der Waals surface area contributed by atoms with Crippen LogP contribution in [0, 0.1) is 0 Å².